The van der Waals surface area contributed by atoms with E-state index in [2.05, 4.69) is 30.1 Å². The third-order valence-corrected chi connectivity index (χ3v) is 5.77. The van der Waals surface area contributed by atoms with E-state index in [0.717, 1.165) is 62.0 Å². The molecule has 1 atom stereocenters. The van der Waals surface area contributed by atoms with E-state index in [9.17, 15) is 4.79 Å². The van der Waals surface area contributed by atoms with E-state index < -0.39 is 0 Å². The molecule has 27 heavy (non-hydrogen) atoms. The molecular weight excluding hydrogens is 338 g/mol. The minimum Gasteiger partial charge on any atom is -0.360 e. The lowest BCUT2D eigenvalue weighted by Gasteiger charge is -2.35. The first kappa shape index (κ1) is 18.2. The lowest BCUT2D eigenvalue weighted by atomic mass is 9.90. The third kappa shape index (κ3) is 3.64. The molecule has 2 aromatic rings. The maximum absolute atomic E-state index is 13.6. The summed E-state index contributed by atoms with van der Waals surface area (Å²) in [5.41, 5.74) is 3.92. The van der Waals surface area contributed by atoms with Crippen molar-refractivity contribution in [1.29, 1.82) is 0 Å². The van der Waals surface area contributed by atoms with E-state index in [-0.39, 0.29) is 11.9 Å². The van der Waals surface area contributed by atoms with Gasteiger partial charge in [0.05, 0.1) is 11.7 Å². The van der Waals surface area contributed by atoms with Crippen LogP contribution >= 0.6 is 0 Å². The van der Waals surface area contributed by atoms with Gasteiger partial charge in [-0.25, -0.2) is 0 Å². The minimum atomic E-state index is 0.0131. The molecule has 0 fully saturated rings. The first-order chi connectivity index (χ1) is 13.1. The van der Waals surface area contributed by atoms with Crippen LogP contribution in [0.5, 0.6) is 0 Å². The van der Waals surface area contributed by atoms with Crippen LogP contribution in [0.4, 0.5) is 0 Å². The van der Waals surface area contributed by atoms with Crippen molar-refractivity contribution < 1.29 is 9.32 Å². The number of nitrogens with zero attached hydrogens (tertiary/aromatic N) is 3. The summed E-state index contributed by atoms with van der Waals surface area (Å²) in [4.78, 5) is 20.3. The number of hydrogen-bond donors (Lipinski definition) is 0. The van der Waals surface area contributed by atoms with Crippen LogP contribution in [-0.2, 0) is 19.3 Å². The van der Waals surface area contributed by atoms with Crippen LogP contribution < -0.4 is 0 Å². The zero-order valence-electron chi connectivity index (χ0n) is 16.4. The highest BCUT2D eigenvalue weighted by Crippen LogP contribution is 2.35. The van der Waals surface area contributed by atoms with Gasteiger partial charge in [0.25, 0.3) is 5.91 Å². The molecule has 0 saturated heterocycles. The van der Waals surface area contributed by atoms with Gasteiger partial charge in [0.1, 0.15) is 5.76 Å². The highest BCUT2D eigenvalue weighted by atomic mass is 16.5. The Kier molecular flexibility index (Phi) is 5.28. The summed E-state index contributed by atoms with van der Waals surface area (Å²) < 4.78 is 5.59. The van der Waals surface area contributed by atoms with Gasteiger partial charge < -0.3 is 9.42 Å². The van der Waals surface area contributed by atoms with Crippen molar-refractivity contribution in [1.82, 2.24) is 15.0 Å². The summed E-state index contributed by atoms with van der Waals surface area (Å²) in [6, 6.07) is 4.17. The molecule has 2 aliphatic rings. The summed E-state index contributed by atoms with van der Waals surface area (Å²) in [7, 11) is 0. The molecule has 0 saturated carbocycles. The molecule has 0 N–H and O–H groups in total. The maximum atomic E-state index is 13.6. The summed E-state index contributed by atoms with van der Waals surface area (Å²) >= 11 is 0. The fraction of sp³-hybridized carbons (Fsp3) is 0.591. The van der Waals surface area contributed by atoms with Crippen molar-refractivity contribution in [3.05, 3.63) is 46.6 Å². The van der Waals surface area contributed by atoms with Crippen LogP contribution in [0.25, 0.3) is 0 Å². The van der Waals surface area contributed by atoms with Gasteiger partial charge in [-0.05, 0) is 56.1 Å². The molecule has 0 radical (unpaired) electrons. The zero-order chi connectivity index (χ0) is 18.8. The van der Waals surface area contributed by atoms with Gasteiger partial charge in [0, 0.05) is 24.7 Å². The van der Waals surface area contributed by atoms with Crippen molar-refractivity contribution in [3.63, 3.8) is 0 Å². The molecule has 1 amide bonds. The standard InChI is InChI=1S/C22H29N3O2/c1-15(2)14-25(18-11-6-8-16-9-7-13-23-20(16)18)22(26)21-17-10-4-3-5-12-19(17)27-24-21/h7,9,13,15,18H,3-6,8,10-12,14H2,1-2H3. The van der Waals surface area contributed by atoms with E-state index in [1.165, 1.54) is 12.0 Å². The minimum absolute atomic E-state index is 0.0131. The van der Waals surface area contributed by atoms with Gasteiger partial charge in [-0.1, -0.05) is 31.5 Å². The second kappa shape index (κ2) is 7.83. The van der Waals surface area contributed by atoms with E-state index in [1.807, 2.05) is 17.2 Å². The molecule has 2 aromatic heterocycles. The Labute approximate surface area is 161 Å². The maximum Gasteiger partial charge on any atom is 0.276 e. The highest BCUT2D eigenvalue weighted by Gasteiger charge is 2.34. The Morgan fingerprint density at radius 2 is 2.07 bits per heavy atom. The van der Waals surface area contributed by atoms with Gasteiger partial charge in [-0.15, -0.1) is 0 Å². The van der Waals surface area contributed by atoms with Gasteiger partial charge in [-0.2, -0.15) is 0 Å². The van der Waals surface area contributed by atoms with Crippen molar-refractivity contribution in [3.8, 4) is 0 Å². The number of aromatic nitrogens is 2. The molecular formula is C22H29N3O2. The number of carbonyl (C=O) groups is 1. The van der Waals surface area contributed by atoms with Gasteiger partial charge in [0.2, 0.25) is 0 Å². The average Bonchev–Trinajstić information content (AvgIpc) is 2.93. The molecule has 4 rings (SSSR count). The SMILES string of the molecule is CC(C)CN(C(=O)c1noc2c1CCCCC2)C1CCCc2cccnc21. The van der Waals surface area contributed by atoms with Crippen LogP contribution in [-0.4, -0.2) is 27.5 Å². The summed E-state index contributed by atoms with van der Waals surface area (Å²) in [6.07, 6.45) is 10.1. The number of hydrogen-bond acceptors (Lipinski definition) is 4. The van der Waals surface area contributed by atoms with Crippen molar-refractivity contribution >= 4 is 5.91 Å². The number of pyridine rings is 1. The normalized spacial score (nSPS) is 19.3. The number of rotatable bonds is 4. The van der Waals surface area contributed by atoms with Crippen LogP contribution in [0.1, 0.15) is 85.1 Å². The topological polar surface area (TPSA) is 59.2 Å². The Morgan fingerprint density at radius 3 is 2.93 bits per heavy atom. The van der Waals surface area contributed by atoms with Crippen molar-refractivity contribution in [2.45, 2.75) is 71.3 Å². The Hall–Kier alpha value is -2.17. The third-order valence-electron chi connectivity index (χ3n) is 5.77. The van der Waals surface area contributed by atoms with E-state index in [1.54, 1.807) is 0 Å². The number of amides is 1. The second-order valence-electron chi connectivity index (χ2n) is 8.30. The first-order valence-electron chi connectivity index (χ1n) is 10.4. The second-order valence-corrected chi connectivity index (χ2v) is 8.30. The van der Waals surface area contributed by atoms with Crippen molar-refractivity contribution in [2.24, 2.45) is 5.92 Å². The van der Waals surface area contributed by atoms with Gasteiger partial charge in [-0.3, -0.25) is 9.78 Å². The molecule has 5 nitrogen and oxygen atoms in total. The Morgan fingerprint density at radius 1 is 1.22 bits per heavy atom. The predicted octanol–water partition coefficient (Wildman–Crippen LogP) is 4.51. The predicted molar refractivity (Wildman–Crippen MR) is 104 cm³/mol. The molecule has 0 bridgehead atoms. The summed E-state index contributed by atoms with van der Waals surface area (Å²) in [5.74, 6) is 1.31. The highest BCUT2D eigenvalue weighted by molar-refractivity contribution is 5.94. The fourth-order valence-corrected chi connectivity index (χ4v) is 4.50. The number of fused-ring (bicyclic) bond motifs is 2. The number of aryl methyl sites for hydroxylation is 2. The molecule has 2 aliphatic carbocycles. The fourth-order valence-electron chi connectivity index (χ4n) is 4.50. The Balaban J connectivity index is 1.69. The largest absolute Gasteiger partial charge is 0.360 e. The molecule has 0 spiro atoms. The molecule has 0 aliphatic heterocycles. The van der Waals surface area contributed by atoms with E-state index >= 15 is 0 Å². The average molecular weight is 367 g/mol. The zero-order valence-corrected chi connectivity index (χ0v) is 16.4. The van der Waals surface area contributed by atoms with Crippen molar-refractivity contribution in [2.75, 3.05) is 6.54 Å². The van der Waals surface area contributed by atoms with Crippen LogP contribution in [0, 0.1) is 5.92 Å². The summed E-state index contributed by atoms with van der Waals surface area (Å²) in [5, 5.41) is 4.23. The quantitative estimate of drug-likeness (QED) is 0.746. The van der Waals surface area contributed by atoms with Crippen LogP contribution in [0.3, 0.4) is 0 Å². The van der Waals surface area contributed by atoms with Gasteiger partial charge >= 0.3 is 0 Å². The van der Waals surface area contributed by atoms with Crippen LogP contribution in [0.2, 0.25) is 0 Å². The van der Waals surface area contributed by atoms with E-state index in [0.29, 0.717) is 18.2 Å². The number of carbonyl (C=O) groups excluding carboxylic acids is 1. The molecule has 1 unspecified atom stereocenters. The van der Waals surface area contributed by atoms with Gasteiger partial charge in [0.15, 0.2) is 5.69 Å². The monoisotopic (exact) mass is 367 g/mol. The smallest absolute Gasteiger partial charge is 0.276 e. The van der Waals surface area contributed by atoms with E-state index in [4.69, 9.17) is 4.52 Å². The molecule has 2 heterocycles. The molecule has 5 heteroatoms. The Bertz CT molecular complexity index is 812. The lowest BCUT2D eigenvalue weighted by Crippen LogP contribution is -2.40. The lowest BCUT2D eigenvalue weighted by molar-refractivity contribution is 0.0611. The molecule has 144 valence electrons. The first-order valence-corrected chi connectivity index (χ1v) is 10.4. The van der Waals surface area contributed by atoms with Crippen LogP contribution in [0.15, 0.2) is 22.9 Å². The summed E-state index contributed by atoms with van der Waals surface area (Å²) in [6.45, 7) is 5.03. The molecule has 0 aromatic carbocycles.